The first kappa shape index (κ1) is 17.3. The van der Waals surface area contributed by atoms with Crippen LogP contribution in [-0.2, 0) is 0 Å². The van der Waals surface area contributed by atoms with Crippen molar-refractivity contribution in [3.05, 3.63) is 29.8 Å². The Bertz CT molecular complexity index is 363. The molecule has 0 fully saturated rings. The van der Waals surface area contributed by atoms with Crippen LogP contribution in [0.1, 0.15) is 12.0 Å². The highest BCUT2D eigenvalue weighted by atomic mass is 32.2. The van der Waals surface area contributed by atoms with Crippen LogP contribution < -0.4 is 10.1 Å². The van der Waals surface area contributed by atoms with Crippen LogP contribution in [0.15, 0.2) is 24.3 Å². The van der Waals surface area contributed by atoms with E-state index in [2.05, 4.69) is 5.32 Å². The summed E-state index contributed by atoms with van der Waals surface area (Å²) >= 11 is 1.81. The van der Waals surface area contributed by atoms with Gasteiger partial charge in [0.2, 0.25) is 0 Å². The summed E-state index contributed by atoms with van der Waals surface area (Å²) in [5.41, 5.74) is 1.08. The molecule has 0 saturated heterocycles. The van der Waals surface area contributed by atoms with Gasteiger partial charge in [0.25, 0.3) is 0 Å². The van der Waals surface area contributed by atoms with Crippen LogP contribution in [0.3, 0.4) is 0 Å². The molecule has 1 rings (SSSR count). The molecule has 5 heteroatoms. The summed E-state index contributed by atoms with van der Waals surface area (Å²) < 4.78 is 5.59. The van der Waals surface area contributed by atoms with Crippen LogP contribution in [0.5, 0.6) is 5.75 Å². The fourth-order valence-corrected chi connectivity index (χ4v) is 2.47. The van der Waals surface area contributed by atoms with E-state index in [4.69, 9.17) is 9.84 Å². The second kappa shape index (κ2) is 11.0. The lowest BCUT2D eigenvalue weighted by atomic mass is 10.2. The molecule has 0 aliphatic carbocycles. The fourth-order valence-electron chi connectivity index (χ4n) is 1.64. The number of aryl methyl sites for hydroxylation is 1. The summed E-state index contributed by atoms with van der Waals surface area (Å²) in [6, 6.07) is 7.79. The van der Waals surface area contributed by atoms with E-state index in [0.717, 1.165) is 35.8 Å². The number of nitrogens with one attached hydrogen (secondary N) is 1. The Labute approximate surface area is 125 Å². The van der Waals surface area contributed by atoms with Crippen molar-refractivity contribution < 1.29 is 14.9 Å². The molecule has 1 atom stereocenters. The van der Waals surface area contributed by atoms with E-state index >= 15 is 0 Å². The van der Waals surface area contributed by atoms with Crippen LogP contribution in [-0.4, -0.2) is 54.1 Å². The highest BCUT2D eigenvalue weighted by Crippen LogP contribution is 2.16. The van der Waals surface area contributed by atoms with Gasteiger partial charge in [0, 0.05) is 25.4 Å². The summed E-state index contributed by atoms with van der Waals surface area (Å²) in [4.78, 5) is 0. The van der Waals surface area contributed by atoms with Gasteiger partial charge in [0.15, 0.2) is 0 Å². The summed E-state index contributed by atoms with van der Waals surface area (Å²) in [5, 5.41) is 21.7. The first-order valence-electron chi connectivity index (χ1n) is 7.00. The second-order valence-electron chi connectivity index (χ2n) is 4.62. The van der Waals surface area contributed by atoms with Crippen LogP contribution >= 0.6 is 11.8 Å². The van der Waals surface area contributed by atoms with Gasteiger partial charge in [-0.3, -0.25) is 0 Å². The van der Waals surface area contributed by atoms with Crippen molar-refractivity contribution in [3.8, 4) is 5.75 Å². The van der Waals surface area contributed by atoms with E-state index < -0.39 is 6.10 Å². The Morgan fingerprint density at radius 1 is 1.30 bits per heavy atom. The summed E-state index contributed by atoms with van der Waals surface area (Å²) in [5.74, 6) is 2.80. The van der Waals surface area contributed by atoms with Gasteiger partial charge < -0.3 is 20.3 Å². The van der Waals surface area contributed by atoms with Gasteiger partial charge in [-0.2, -0.15) is 11.8 Å². The predicted octanol–water partition coefficient (Wildman–Crippen LogP) is 1.44. The largest absolute Gasteiger partial charge is 0.491 e. The van der Waals surface area contributed by atoms with Crippen LogP contribution in [0, 0.1) is 6.92 Å². The number of hydrogen-bond acceptors (Lipinski definition) is 5. The van der Waals surface area contributed by atoms with E-state index in [-0.39, 0.29) is 6.61 Å². The third-order valence-electron chi connectivity index (χ3n) is 2.77. The van der Waals surface area contributed by atoms with Crippen LogP contribution in [0.2, 0.25) is 0 Å². The first-order chi connectivity index (χ1) is 9.74. The molecule has 0 spiro atoms. The first-order valence-corrected chi connectivity index (χ1v) is 8.15. The van der Waals surface area contributed by atoms with Crippen molar-refractivity contribution in [2.75, 3.05) is 37.8 Å². The van der Waals surface area contributed by atoms with E-state index in [1.54, 1.807) is 11.8 Å². The Balaban J connectivity index is 2.03. The maximum absolute atomic E-state index is 9.81. The number of benzene rings is 1. The molecule has 0 heterocycles. The number of ether oxygens (including phenoxy) is 1. The standard InChI is InChI=1S/C15H25NO3S/c1-13-5-2-3-6-15(13)19-12-14(18)11-16-7-10-20-9-4-8-17/h2-3,5-6,14,16-18H,4,7-12H2,1H3. The topological polar surface area (TPSA) is 61.7 Å². The molecule has 0 radical (unpaired) electrons. The normalized spacial score (nSPS) is 12.3. The Morgan fingerprint density at radius 2 is 2.10 bits per heavy atom. The second-order valence-corrected chi connectivity index (χ2v) is 5.85. The molecule has 1 aromatic carbocycles. The molecule has 0 bridgehead atoms. The average molecular weight is 299 g/mol. The maximum atomic E-state index is 9.81. The zero-order valence-electron chi connectivity index (χ0n) is 12.0. The molecule has 0 aliphatic heterocycles. The molecule has 0 amide bonds. The molecule has 0 aliphatic rings. The summed E-state index contributed by atoms with van der Waals surface area (Å²) in [6.07, 6.45) is 0.342. The minimum absolute atomic E-state index is 0.259. The van der Waals surface area contributed by atoms with Crippen LogP contribution in [0.25, 0.3) is 0 Å². The van der Waals surface area contributed by atoms with Gasteiger partial charge in [-0.25, -0.2) is 0 Å². The number of hydrogen-bond donors (Lipinski definition) is 3. The SMILES string of the molecule is Cc1ccccc1OCC(O)CNCCSCCCO. The fraction of sp³-hybridized carbons (Fsp3) is 0.600. The molecule has 1 unspecified atom stereocenters. The van der Waals surface area contributed by atoms with Crippen molar-refractivity contribution in [1.82, 2.24) is 5.32 Å². The zero-order chi connectivity index (χ0) is 14.6. The van der Waals surface area contributed by atoms with Crippen molar-refractivity contribution in [2.24, 2.45) is 0 Å². The maximum Gasteiger partial charge on any atom is 0.122 e. The third-order valence-corrected chi connectivity index (χ3v) is 3.84. The van der Waals surface area contributed by atoms with E-state index in [1.165, 1.54) is 0 Å². The van der Waals surface area contributed by atoms with Gasteiger partial charge in [-0.05, 0) is 30.7 Å². The lowest BCUT2D eigenvalue weighted by Crippen LogP contribution is -2.32. The zero-order valence-corrected chi connectivity index (χ0v) is 12.9. The van der Waals surface area contributed by atoms with Crippen molar-refractivity contribution >= 4 is 11.8 Å². The molecule has 20 heavy (non-hydrogen) atoms. The van der Waals surface area contributed by atoms with E-state index in [1.807, 2.05) is 31.2 Å². The molecule has 1 aromatic rings. The van der Waals surface area contributed by atoms with Gasteiger partial charge in [-0.1, -0.05) is 18.2 Å². The van der Waals surface area contributed by atoms with Gasteiger partial charge in [-0.15, -0.1) is 0 Å². The molecular weight excluding hydrogens is 274 g/mol. The van der Waals surface area contributed by atoms with Gasteiger partial charge in [0.1, 0.15) is 18.5 Å². The van der Waals surface area contributed by atoms with Crippen LogP contribution in [0.4, 0.5) is 0 Å². The van der Waals surface area contributed by atoms with Crippen molar-refractivity contribution in [1.29, 1.82) is 0 Å². The molecule has 0 saturated carbocycles. The minimum Gasteiger partial charge on any atom is -0.491 e. The van der Waals surface area contributed by atoms with Gasteiger partial charge in [0.05, 0.1) is 0 Å². The number of thioether (sulfide) groups is 1. The van der Waals surface area contributed by atoms with Crippen molar-refractivity contribution in [3.63, 3.8) is 0 Å². The monoisotopic (exact) mass is 299 g/mol. The third kappa shape index (κ3) is 7.75. The molecule has 3 N–H and O–H groups in total. The molecule has 0 aromatic heterocycles. The number of aliphatic hydroxyl groups excluding tert-OH is 2. The molecular formula is C15H25NO3S. The van der Waals surface area contributed by atoms with E-state index in [9.17, 15) is 5.11 Å². The Kier molecular flexibility index (Phi) is 9.49. The average Bonchev–Trinajstić information content (AvgIpc) is 2.45. The van der Waals surface area contributed by atoms with E-state index in [0.29, 0.717) is 13.2 Å². The lowest BCUT2D eigenvalue weighted by Gasteiger charge is -2.14. The highest BCUT2D eigenvalue weighted by molar-refractivity contribution is 7.99. The Morgan fingerprint density at radius 3 is 2.85 bits per heavy atom. The Hall–Kier alpha value is -0.750. The quantitative estimate of drug-likeness (QED) is 0.540. The number of rotatable bonds is 11. The lowest BCUT2D eigenvalue weighted by molar-refractivity contribution is 0.106. The number of aliphatic hydroxyl groups is 2. The summed E-state index contributed by atoms with van der Waals surface area (Å²) in [7, 11) is 0. The van der Waals surface area contributed by atoms with Crippen molar-refractivity contribution in [2.45, 2.75) is 19.4 Å². The summed E-state index contributed by atoms with van der Waals surface area (Å²) in [6.45, 7) is 3.94. The molecule has 114 valence electrons. The van der Waals surface area contributed by atoms with Gasteiger partial charge >= 0.3 is 0 Å². The predicted molar refractivity (Wildman–Crippen MR) is 84.6 cm³/mol. The molecule has 4 nitrogen and oxygen atoms in total. The smallest absolute Gasteiger partial charge is 0.122 e. The number of para-hydroxylation sites is 1. The highest BCUT2D eigenvalue weighted by Gasteiger charge is 2.05. The minimum atomic E-state index is -0.503.